The van der Waals surface area contributed by atoms with Gasteiger partial charge in [-0.25, -0.2) is 5.48 Å². The zero-order valence-electron chi connectivity index (χ0n) is 6.42. The Morgan fingerprint density at radius 1 is 1.82 bits per heavy atom. The van der Waals surface area contributed by atoms with Crippen LogP contribution in [0.1, 0.15) is 0 Å². The third-order valence-electron chi connectivity index (χ3n) is 1.44. The van der Waals surface area contributed by atoms with Crippen molar-refractivity contribution in [3.63, 3.8) is 0 Å². The molecule has 1 heterocycles. The highest BCUT2D eigenvalue weighted by Crippen LogP contribution is 1.92. The fraction of sp³-hybridized carbons (Fsp3) is 0.833. The van der Waals surface area contributed by atoms with Crippen LogP contribution in [0, 0.1) is 0 Å². The first-order valence-corrected chi connectivity index (χ1v) is 3.48. The quantitative estimate of drug-likeness (QED) is 0.490. The van der Waals surface area contributed by atoms with Crippen LogP contribution in [0.25, 0.3) is 0 Å². The third kappa shape index (κ3) is 2.45. The van der Waals surface area contributed by atoms with Crippen LogP contribution in [0.5, 0.6) is 0 Å². The lowest BCUT2D eigenvalue weighted by atomic mass is 10.3. The summed E-state index contributed by atoms with van der Waals surface area (Å²) in [6, 6.07) is -0.274. The van der Waals surface area contributed by atoms with Crippen LogP contribution >= 0.6 is 0 Å². The van der Waals surface area contributed by atoms with Crippen molar-refractivity contribution >= 4 is 5.91 Å². The summed E-state index contributed by atoms with van der Waals surface area (Å²) < 4.78 is 5.07. The van der Waals surface area contributed by atoms with Crippen LogP contribution in [0.4, 0.5) is 0 Å². The molecular weight excluding hydrogens is 148 g/mol. The molecule has 5 heteroatoms. The lowest BCUT2D eigenvalue weighted by Gasteiger charge is -2.21. The summed E-state index contributed by atoms with van der Waals surface area (Å²) in [6.45, 7) is 1.79. The van der Waals surface area contributed by atoms with E-state index in [1.165, 1.54) is 7.11 Å². The highest BCUT2D eigenvalue weighted by atomic mass is 16.6. The Labute approximate surface area is 65.0 Å². The van der Waals surface area contributed by atoms with Crippen LogP contribution < -0.4 is 10.8 Å². The molecule has 1 aliphatic heterocycles. The number of rotatable bonds is 2. The van der Waals surface area contributed by atoms with Crippen LogP contribution in [0.3, 0.4) is 0 Å². The second-order valence-electron chi connectivity index (χ2n) is 2.25. The van der Waals surface area contributed by atoms with Crippen molar-refractivity contribution in [2.75, 3.05) is 26.9 Å². The van der Waals surface area contributed by atoms with Gasteiger partial charge in [0.1, 0.15) is 6.04 Å². The summed E-state index contributed by atoms with van der Waals surface area (Å²) in [6.07, 6.45) is 0. The van der Waals surface area contributed by atoms with Gasteiger partial charge in [-0.15, -0.1) is 0 Å². The summed E-state index contributed by atoms with van der Waals surface area (Å²) in [5, 5.41) is 2.99. The summed E-state index contributed by atoms with van der Waals surface area (Å²) in [5.41, 5.74) is 2.23. The van der Waals surface area contributed by atoms with Gasteiger partial charge < -0.3 is 10.1 Å². The largest absolute Gasteiger partial charge is 0.378 e. The highest BCUT2D eigenvalue weighted by molar-refractivity contribution is 5.80. The monoisotopic (exact) mass is 160 g/mol. The van der Waals surface area contributed by atoms with E-state index in [0.717, 1.165) is 0 Å². The van der Waals surface area contributed by atoms with Crippen molar-refractivity contribution in [2.45, 2.75) is 6.04 Å². The van der Waals surface area contributed by atoms with Crippen LogP contribution in [-0.4, -0.2) is 38.8 Å². The molecule has 1 atom stereocenters. The maximum atomic E-state index is 11.0. The first-order valence-electron chi connectivity index (χ1n) is 3.48. The molecule has 1 fully saturated rings. The first kappa shape index (κ1) is 8.45. The average molecular weight is 160 g/mol. The molecule has 5 nitrogen and oxygen atoms in total. The van der Waals surface area contributed by atoms with Crippen molar-refractivity contribution < 1.29 is 14.4 Å². The van der Waals surface area contributed by atoms with Gasteiger partial charge in [-0.3, -0.25) is 9.63 Å². The Morgan fingerprint density at radius 3 is 3.18 bits per heavy atom. The van der Waals surface area contributed by atoms with Gasteiger partial charge in [-0.05, 0) is 0 Å². The number of hydrogen-bond acceptors (Lipinski definition) is 4. The second kappa shape index (κ2) is 4.27. The van der Waals surface area contributed by atoms with Crippen molar-refractivity contribution in [1.29, 1.82) is 0 Å². The molecule has 0 aromatic rings. The zero-order chi connectivity index (χ0) is 8.10. The van der Waals surface area contributed by atoms with Crippen molar-refractivity contribution in [1.82, 2.24) is 10.8 Å². The molecule has 1 aliphatic rings. The van der Waals surface area contributed by atoms with Crippen LogP contribution in [0.2, 0.25) is 0 Å². The van der Waals surface area contributed by atoms with Gasteiger partial charge in [0, 0.05) is 6.54 Å². The lowest BCUT2D eigenvalue weighted by Crippen LogP contribution is -2.50. The fourth-order valence-electron chi connectivity index (χ4n) is 0.906. The summed E-state index contributed by atoms with van der Waals surface area (Å²) in [5.74, 6) is -0.188. The van der Waals surface area contributed by atoms with Gasteiger partial charge in [0.2, 0.25) is 0 Å². The number of ether oxygens (including phenoxy) is 1. The molecule has 0 bridgehead atoms. The molecule has 1 amide bonds. The summed E-state index contributed by atoms with van der Waals surface area (Å²) >= 11 is 0. The topological polar surface area (TPSA) is 59.6 Å². The van der Waals surface area contributed by atoms with E-state index < -0.39 is 0 Å². The summed E-state index contributed by atoms with van der Waals surface area (Å²) in [4.78, 5) is 15.5. The maximum absolute atomic E-state index is 11.0. The molecule has 0 aromatic heterocycles. The van der Waals surface area contributed by atoms with E-state index in [1.54, 1.807) is 0 Å². The number of morpholine rings is 1. The standard InChI is InChI=1S/C6H12N2O3/c1-10-8-6(9)5-4-11-3-2-7-5/h5,7H,2-4H2,1H3,(H,8,9)/t5-/m0/s1. The number of nitrogens with one attached hydrogen (secondary N) is 2. The molecule has 1 saturated heterocycles. The zero-order valence-corrected chi connectivity index (χ0v) is 6.42. The van der Waals surface area contributed by atoms with E-state index in [9.17, 15) is 4.79 Å². The predicted octanol–water partition coefficient (Wildman–Crippen LogP) is -1.35. The van der Waals surface area contributed by atoms with Crippen LogP contribution in [-0.2, 0) is 14.4 Å². The molecule has 0 radical (unpaired) electrons. The molecule has 1 rings (SSSR count). The van der Waals surface area contributed by atoms with Gasteiger partial charge in [-0.2, -0.15) is 0 Å². The SMILES string of the molecule is CONC(=O)[C@@H]1COCCN1. The normalized spacial score (nSPS) is 24.6. The average Bonchev–Trinajstić information content (AvgIpc) is 2.07. The summed E-state index contributed by atoms with van der Waals surface area (Å²) in [7, 11) is 1.40. The number of hydroxylamine groups is 1. The minimum absolute atomic E-state index is 0.188. The van der Waals surface area contributed by atoms with Gasteiger partial charge >= 0.3 is 0 Å². The van der Waals surface area contributed by atoms with E-state index in [4.69, 9.17) is 4.74 Å². The van der Waals surface area contributed by atoms with E-state index in [2.05, 4.69) is 15.6 Å². The van der Waals surface area contributed by atoms with Crippen molar-refractivity contribution in [2.24, 2.45) is 0 Å². The van der Waals surface area contributed by atoms with Gasteiger partial charge in [0.25, 0.3) is 5.91 Å². The van der Waals surface area contributed by atoms with E-state index in [-0.39, 0.29) is 11.9 Å². The molecule has 11 heavy (non-hydrogen) atoms. The number of carbonyl (C=O) groups is 1. The smallest absolute Gasteiger partial charge is 0.263 e. The van der Waals surface area contributed by atoms with Crippen molar-refractivity contribution in [3.8, 4) is 0 Å². The number of amides is 1. The Hall–Kier alpha value is -0.650. The van der Waals surface area contributed by atoms with Gasteiger partial charge in [0.05, 0.1) is 20.3 Å². The Bertz CT molecular complexity index is 134. The third-order valence-corrected chi connectivity index (χ3v) is 1.44. The minimum Gasteiger partial charge on any atom is -0.378 e. The molecule has 0 unspecified atom stereocenters. The molecule has 0 saturated carbocycles. The molecule has 0 aliphatic carbocycles. The van der Waals surface area contributed by atoms with Gasteiger partial charge in [0.15, 0.2) is 0 Å². The Balaban J connectivity index is 2.27. The molecule has 64 valence electrons. The van der Waals surface area contributed by atoms with Crippen molar-refractivity contribution in [3.05, 3.63) is 0 Å². The fourth-order valence-corrected chi connectivity index (χ4v) is 0.906. The highest BCUT2D eigenvalue weighted by Gasteiger charge is 2.20. The minimum atomic E-state index is -0.274. The lowest BCUT2D eigenvalue weighted by molar-refractivity contribution is -0.136. The van der Waals surface area contributed by atoms with E-state index >= 15 is 0 Å². The van der Waals surface area contributed by atoms with Gasteiger partial charge in [-0.1, -0.05) is 0 Å². The Kier molecular flexibility index (Phi) is 3.28. The molecular formula is C6H12N2O3. The van der Waals surface area contributed by atoms with E-state index in [1.807, 2.05) is 0 Å². The van der Waals surface area contributed by atoms with E-state index in [0.29, 0.717) is 19.8 Å². The Morgan fingerprint density at radius 2 is 2.64 bits per heavy atom. The maximum Gasteiger partial charge on any atom is 0.263 e. The number of hydrogen-bond donors (Lipinski definition) is 2. The first-order chi connectivity index (χ1) is 5.34. The van der Waals surface area contributed by atoms with Crippen LogP contribution in [0.15, 0.2) is 0 Å². The molecule has 0 spiro atoms. The number of carbonyl (C=O) groups excluding carboxylic acids is 1. The molecule has 0 aromatic carbocycles. The second-order valence-corrected chi connectivity index (χ2v) is 2.25. The molecule has 2 N–H and O–H groups in total. The predicted molar refractivity (Wildman–Crippen MR) is 37.8 cm³/mol.